The van der Waals surface area contributed by atoms with Gasteiger partial charge in [0, 0.05) is 5.56 Å². The van der Waals surface area contributed by atoms with E-state index >= 15 is 0 Å². The number of carboxylic acid groups (broad SMARTS) is 1. The maximum Gasteiger partial charge on any atom is 0.354 e. The molecule has 0 aliphatic carbocycles. The van der Waals surface area contributed by atoms with Gasteiger partial charge < -0.3 is 10.2 Å². The molecule has 0 fully saturated rings. The van der Waals surface area contributed by atoms with Crippen LogP contribution in [-0.2, 0) is 0 Å². The first-order chi connectivity index (χ1) is 10.2. The summed E-state index contributed by atoms with van der Waals surface area (Å²) in [6.45, 7) is 0. The molecule has 104 valence electrons. The molecule has 0 saturated heterocycles. The van der Waals surface area contributed by atoms with E-state index in [0.717, 1.165) is 5.56 Å². The number of aromatic nitrogens is 2. The first-order valence-electron chi connectivity index (χ1n) is 6.34. The van der Waals surface area contributed by atoms with Crippen molar-refractivity contribution in [3.05, 3.63) is 66.4 Å². The second-order valence-corrected chi connectivity index (χ2v) is 4.49. The fourth-order valence-electron chi connectivity index (χ4n) is 2.11. The Hall–Kier alpha value is -3.08. The minimum atomic E-state index is -1.10. The molecule has 21 heavy (non-hydrogen) atoms. The maximum atomic E-state index is 11.4. The van der Waals surface area contributed by atoms with Crippen molar-refractivity contribution in [2.75, 3.05) is 0 Å². The molecule has 0 radical (unpaired) electrons. The van der Waals surface area contributed by atoms with Gasteiger partial charge in [-0.3, -0.25) is 0 Å². The van der Waals surface area contributed by atoms with Crippen molar-refractivity contribution >= 4 is 5.97 Å². The lowest BCUT2D eigenvalue weighted by Gasteiger charge is -2.06. The van der Waals surface area contributed by atoms with Crippen LogP contribution in [0.3, 0.4) is 0 Å². The zero-order chi connectivity index (χ0) is 14.8. The number of carboxylic acids is 1. The lowest BCUT2D eigenvalue weighted by molar-refractivity contribution is 0.0687. The van der Waals surface area contributed by atoms with Crippen LogP contribution < -0.4 is 0 Å². The predicted molar refractivity (Wildman–Crippen MR) is 77.6 cm³/mol. The van der Waals surface area contributed by atoms with E-state index in [1.54, 1.807) is 18.2 Å². The highest BCUT2D eigenvalue weighted by Crippen LogP contribution is 2.26. The Morgan fingerprint density at radius 2 is 1.67 bits per heavy atom. The van der Waals surface area contributed by atoms with Gasteiger partial charge in [-0.25, -0.2) is 9.48 Å². The Morgan fingerprint density at radius 3 is 2.33 bits per heavy atom. The normalized spacial score (nSPS) is 10.5. The predicted octanol–water partition coefficient (Wildman–Crippen LogP) is 2.94. The number of phenolic OH excluding ortho intramolecular Hbond substituents is 1. The van der Waals surface area contributed by atoms with Crippen LogP contribution in [0.4, 0.5) is 0 Å². The van der Waals surface area contributed by atoms with Crippen LogP contribution in [0.1, 0.15) is 10.5 Å². The van der Waals surface area contributed by atoms with Gasteiger partial charge in [0.1, 0.15) is 11.4 Å². The van der Waals surface area contributed by atoms with Crippen molar-refractivity contribution in [1.29, 1.82) is 0 Å². The van der Waals surface area contributed by atoms with E-state index in [2.05, 4.69) is 5.10 Å². The first-order valence-corrected chi connectivity index (χ1v) is 6.34. The minimum absolute atomic E-state index is 0.00430. The second kappa shape index (κ2) is 5.13. The number of phenols is 1. The molecule has 0 aliphatic heterocycles. The van der Waals surface area contributed by atoms with E-state index in [0.29, 0.717) is 11.4 Å². The summed E-state index contributed by atoms with van der Waals surface area (Å²) in [4.78, 5) is 11.4. The van der Waals surface area contributed by atoms with Crippen LogP contribution in [0.25, 0.3) is 16.9 Å². The lowest BCUT2D eigenvalue weighted by Crippen LogP contribution is -2.07. The Labute approximate surface area is 120 Å². The van der Waals surface area contributed by atoms with Gasteiger partial charge in [-0.05, 0) is 18.2 Å². The SMILES string of the molecule is O=C(O)c1cc(-c2ccccc2)nn1-c1ccccc1O. The quantitative estimate of drug-likeness (QED) is 0.773. The molecule has 0 bridgehead atoms. The van der Waals surface area contributed by atoms with Crippen molar-refractivity contribution in [3.8, 4) is 22.7 Å². The summed E-state index contributed by atoms with van der Waals surface area (Å²) >= 11 is 0. The van der Waals surface area contributed by atoms with Crippen LogP contribution in [-0.4, -0.2) is 26.0 Å². The van der Waals surface area contributed by atoms with Crippen molar-refractivity contribution < 1.29 is 15.0 Å². The van der Waals surface area contributed by atoms with E-state index in [4.69, 9.17) is 0 Å². The lowest BCUT2D eigenvalue weighted by atomic mass is 10.1. The summed E-state index contributed by atoms with van der Waals surface area (Å²) in [5, 5.41) is 23.5. The smallest absolute Gasteiger partial charge is 0.354 e. The molecule has 0 saturated carbocycles. The van der Waals surface area contributed by atoms with E-state index in [1.807, 2.05) is 30.3 Å². The molecule has 1 aromatic heterocycles. The Balaban J connectivity index is 2.19. The molecule has 0 amide bonds. The van der Waals surface area contributed by atoms with Crippen molar-refractivity contribution in [1.82, 2.24) is 9.78 Å². The van der Waals surface area contributed by atoms with Crippen LogP contribution in [0, 0.1) is 0 Å². The molecule has 1 heterocycles. The summed E-state index contributed by atoms with van der Waals surface area (Å²) in [6.07, 6.45) is 0. The number of hydrogen-bond acceptors (Lipinski definition) is 3. The molecule has 0 aliphatic rings. The molecule has 0 unspecified atom stereocenters. The fourth-order valence-corrected chi connectivity index (χ4v) is 2.11. The first kappa shape index (κ1) is 12.9. The highest BCUT2D eigenvalue weighted by atomic mass is 16.4. The minimum Gasteiger partial charge on any atom is -0.506 e. The van der Waals surface area contributed by atoms with Crippen molar-refractivity contribution in [2.24, 2.45) is 0 Å². The number of aromatic hydroxyl groups is 1. The average molecular weight is 280 g/mol. The zero-order valence-electron chi connectivity index (χ0n) is 11.0. The zero-order valence-corrected chi connectivity index (χ0v) is 11.0. The third-order valence-corrected chi connectivity index (χ3v) is 3.11. The van der Waals surface area contributed by atoms with E-state index in [1.165, 1.54) is 16.8 Å². The van der Waals surface area contributed by atoms with Crippen LogP contribution in [0.15, 0.2) is 60.7 Å². The van der Waals surface area contributed by atoms with Gasteiger partial charge in [0.15, 0.2) is 5.69 Å². The average Bonchev–Trinajstić information content (AvgIpc) is 2.94. The van der Waals surface area contributed by atoms with Gasteiger partial charge in [0.2, 0.25) is 0 Å². The highest BCUT2D eigenvalue weighted by molar-refractivity contribution is 5.88. The molecule has 2 aromatic carbocycles. The number of aromatic carboxylic acids is 1. The number of benzene rings is 2. The molecule has 5 nitrogen and oxygen atoms in total. The number of para-hydroxylation sites is 2. The molecule has 3 aromatic rings. The monoisotopic (exact) mass is 280 g/mol. The summed E-state index contributed by atoms with van der Waals surface area (Å²) in [6, 6.07) is 17.3. The Bertz CT molecular complexity index is 794. The highest BCUT2D eigenvalue weighted by Gasteiger charge is 2.18. The summed E-state index contributed by atoms with van der Waals surface area (Å²) in [7, 11) is 0. The third-order valence-electron chi connectivity index (χ3n) is 3.11. The largest absolute Gasteiger partial charge is 0.506 e. The molecule has 5 heteroatoms. The Morgan fingerprint density at radius 1 is 1.00 bits per heavy atom. The number of hydrogen-bond donors (Lipinski definition) is 2. The van der Waals surface area contributed by atoms with Crippen molar-refractivity contribution in [2.45, 2.75) is 0 Å². The van der Waals surface area contributed by atoms with Gasteiger partial charge in [0.25, 0.3) is 0 Å². The van der Waals surface area contributed by atoms with Crippen LogP contribution >= 0.6 is 0 Å². The number of nitrogens with zero attached hydrogens (tertiary/aromatic N) is 2. The van der Waals surface area contributed by atoms with Gasteiger partial charge >= 0.3 is 5.97 Å². The van der Waals surface area contributed by atoms with Crippen LogP contribution in [0.2, 0.25) is 0 Å². The number of carbonyl (C=O) groups is 1. The Kier molecular flexibility index (Phi) is 3.16. The molecule has 0 spiro atoms. The summed E-state index contributed by atoms with van der Waals surface area (Å²) < 4.78 is 1.24. The summed E-state index contributed by atoms with van der Waals surface area (Å²) in [5.74, 6) is -1.13. The van der Waals surface area contributed by atoms with Gasteiger partial charge in [-0.1, -0.05) is 42.5 Å². The van der Waals surface area contributed by atoms with Crippen LogP contribution in [0.5, 0.6) is 5.75 Å². The van der Waals surface area contributed by atoms with E-state index in [-0.39, 0.29) is 11.4 Å². The van der Waals surface area contributed by atoms with Gasteiger partial charge in [0.05, 0.1) is 5.69 Å². The standard InChI is InChI=1S/C16H12N2O3/c19-15-9-5-4-8-13(15)18-14(16(20)21)10-12(17-18)11-6-2-1-3-7-11/h1-10,19H,(H,20,21). The van der Waals surface area contributed by atoms with E-state index < -0.39 is 5.97 Å². The number of rotatable bonds is 3. The fraction of sp³-hybridized carbons (Fsp3) is 0. The second-order valence-electron chi connectivity index (χ2n) is 4.49. The topological polar surface area (TPSA) is 75.3 Å². The summed E-state index contributed by atoms with van der Waals surface area (Å²) in [5.41, 5.74) is 1.68. The maximum absolute atomic E-state index is 11.4. The third kappa shape index (κ3) is 2.36. The molecule has 2 N–H and O–H groups in total. The molecule has 3 rings (SSSR count). The van der Waals surface area contributed by atoms with Gasteiger partial charge in [-0.15, -0.1) is 0 Å². The molecular weight excluding hydrogens is 268 g/mol. The van der Waals surface area contributed by atoms with Crippen molar-refractivity contribution in [3.63, 3.8) is 0 Å². The van der Waals surface area contributed by atoms with Gasteiger partial charge in [-0.2, -0.15) is 5.10 Å². The molecular formula is C16H12N2O3. The molecule has 0 atom stereocenters. The van der Waals surface area contributed by atoms with E-state index in [9.17, 15) is 15.0 Å².